The van der Waals surface area contributed by atoms with Crippen LogP contribution in [0.1, 0.15) is 32.1 Å². The zero-order valence-corrected chi connectivity index (χ0v) is 13.1. The highest BCUT2D eigenvalue weighted by atomic mass is 16.2. The molecule has 0 aromatic carbocycles. The molecule has 116 valence electrons. The highest BCUT2D eigenvalue weighted by Gasteiger charge is 2.36. The molecular weight excluding hydrogens is 266 g/mol. The van der Waals surface area contributed by atoms with E-state index >= 15 is 0 Å². The highest BCUT2D eigenvalue weighted by molar-refractivity contribution is 5.90. The molecule has 0 aliphatic carbocycles. The van der Waals surface area contributed by atoms with Crippen molar-refractivity contribution in [2.75, 3.05) is 40.3 Å². The first kappa shape index (κ1) is 15.8. The molecule has 2 aliphatic heterocycles. The molecule has 0 spiro atoms. The Bertz CT molecular complexity index is 444. The first-order valence-electron chi connectivity index (χ1n) is 7.78. The van der Waals surface area contributed by atoms with Crippen LogP contribution < -0.4 is 0 Å². The van der Waals surface area contributed by atoms with Crippen molar-refractivity contribution in [3.8, 4) is 11.8 Å². The van der Waals surface area contributed by atoms with Gasteiger partial charge in [0.15, 0.2) is 0 Å². The molecule has 2 saturated heterocycles. The van der Waals surface area contributed by atoms with Crippen molar-refractivity contribution in [1.29, 1.82) is 0 Å². The van der Waals surface area contributed by atoms with Gasteiger partial charge in [-0.1, -0.05) is 18.3 Å². The number of carbonyl (C=O) groups excluding carboxylic acids is 2. The number of rotatable bonds is 3. The first-order valence-corrected chi connectivity index (χ1v) is 7.78. The SMILES string of the molecule is CN(C)C(=O)C1CCC(=O)N1CC#CCN1CCCCC1. The fourth-order valence-electron chi connectivity index (χ4n) is 2.91. The van der Waals surface area contributed by atoms with E-state index in [1.165, 1.54) is 19.3 Å². The van der Waals surface area contributed by atoms with E-state index in [4.69, 9.17) is 0 Å². The Balaban J connectivity index is 1.85. The maximum absolute atomic E-state index is 12.1. The van der Waals surface area contributed by atoms with Gasteiger partial charge in [0.1, 0.15) is 6.04 Å². The number of hydrogen-bond acceptors (Lipinski definition) is 3. The summed E-state index contributed by atoms with van der Waals surface area (Å²) in [7, 11) is 3.46. The number of piperidine rings is 1. The van der Waals surface area contributed by atoms with Gasteiger partial charge in [-0.2, -0.15) is 0 Å². The lowest BCUT2D eigenvalue weighted by Gasteiger charge is -2.25. The molecule has 0 bridgehead atoms. The van der Waals surface area contributed by atoms with Gasteiger partial charge in [-0.15, -0.1) is 0 Å². The second-order valence-corrected chi connectivity index (χ2v) is 6.00. The first-order chi connectivity index (χ1) is 10.1. The van der Waals surface area contributed by atoms with Crippen molar-refractivity contribution in [1.82, 2.24) is 14.7 Å². The molecule has 0 saturated carbocycles. The number of carbonyl (C=O) groups is 2. The summed E-state index contributed by atoms with van der Waals surface area (Å²) in [6.45, 7) is 3.39. The van der Waals surface area contributed by atoms with Crippen LogP contribution in [0.25, 0.3) is 0 Å². The summed E-state index contributed by atoms with van der Waals surface area (Å²) in [5.74, 6) is 6.26. The number of likely N-dealkylation sites (tertiary alicyclic amines) is 2. The minimum Gasteiger partial charge on any atom is -0.347 e. The van der Waals surface area contributed by atoms with Gasteiger partial charge in [-0.3, -0.25) is 14.5 Å². The Morgan fingerprint density at radius 3 is 2.52 bits per heavy atom. The molecule has 5 nitrogen and oxygen atoms in total. The lowest BCUT2D eigenvalue weighted by molar-refractivity contribution is -0.139. The van der Waals surface area contributed by atoms with E-state index in [-0.39, 0.29) is 17.9 Å². The molecule has 5 heteroatoms. The van der Waals surface area contributed by atoms with Crippen LogP contribution in [0, 0.1) is 11.8 Å². The van der Waals surface area contributed by atoms with Crippen molar-refractivity contribution >= 4 is 11.8 Å². The van der Waals surface area contributed by atoms with E-state index in [0.717, 1.165) is 19.6 Å². The molecule has 2 rings (SSSR count). The van der Waals surface area contributed by atoms with Crippen LogP contribution in [-0.2, 0) is 9.59 Å². The molecule has 21 heavy (non-hydrogen) atoms. The highest BCUT2D eigenvalue weighted by Crippen LogP contribution is 2.19. The number of likely N-dealkylation sites (N-methyl/N-ethyl adjacent to an activating group) is 1. The molecule has 0 aromatic heterocycles. The summed E-state index contributed by atoms with van der Waals surface area (Å²) in [6, 6.07) is -0.322. The molecule has 1 unspecified atom stereocenters. The maximum atomic E-state index is 12.1. The van der Waals surface area contributed by atoms with Gasteiger partial charge >= 0.3 is 0 Å². The molecule has 2 aliphatic rings. The fraction of sp³-hybridized carbons (Fsp3) is 0.750. The lowest BCUT2D eigenvalue weighted by Crippen LogP contribution is -2.44. The van der Waals surface area contributed by atoms with E-state index < -0.39 is 0 Å². The summed E-state index contributed by atoms with van der Waals surface area (Å²) < 4.78 is 0. The van der Waals surface area contributed by atoms with E-state index in [1.807, 2.05) is 0 Å². The Morgan fingerprint density at radius 1 is 1.19 bits per heavy atom. The molecule has 0 N–H and O–H groups in total. The normalized spacial score (nSPS) is 22.9. The van der Waals surface area contributed by atoms with Crippen molar-refractivity contribution in [2.24, 2.45) is 0 Å². The fourth-order valence-corrected chi connectivity index (χ4v) is 2.91. The Morgan fingerprint density at radius 2 is 1.86 bits per heavy atom. The van der Waals surface area contributed by atoms with Gasteiger partial charge in [-0.05, 0) is 32.4 Å². The van der Waals surface area contributed by atoms with E-state index in [0.29, 0.717) is 19.4 Å². The van der Waals surface area contributed by atoms with E-state index in [2.05, 4.69) is 16.7 Å². The molecule has 1 atom stereocenters. The minimum atomic E-state index is -0.322. The van der Waals surface area contributed by atoms with Crippen LogP contribution in [0.15, 0.2) is 0 Å². The van der Waals surface area contributed by atoms with Crippen LogP contribution in [0.5, 0.6) is 0 Å². The monoisotopic (exact) mass is 291 g/mol. The van der Waals surface area contributed by atoms with Gasteiger partial charge in [-0.25, -0.2) is 0 Å². The molecule has 2 fully saturated rings. The third-order valence-corrected chi connectivity index (χ3v) is 4.18. The lowest BCUT2D eigenvalue weighted by atomic mass is 10.1. The zero-order valence-electron chi connectivity index (χ0n) is 13.1. The molecular formula is C16H25N3O2. The van der Waals surface area contributed by atoms with Crippen molar-refractivity contribution in [3.05, 3.63) is 0 Å². The van der Waals surface area contributed by atoms with Crippen molar-refractivity contribution in [2.45, 2.75) is 38.1 Å². The van der Waals surface area contributed by atoms with Crippen molar-refractivity contribution in [3.63, 3.8) is 0 Å². The molecule has 0 aromatic rings. The summed E-state index contributed by atoms with van der Waals surface area (Å²) >= 11 is 0. The number of hydrogen-bond donors (Lipinski definition) is 0. The minimum absolute atomic E-state index is 0.00122. The summed E-state index contributed by atoms with van der Waals surface area (Å²) in [6.07, 6.45) is 4.90. The average Bonchev–Trinajstić information content (AvgIpc) is 2.85. The maximum Gasteiger partial charge on any atom is 0.244 e. The van der Waals surface area contributed by atoms with Crippen LogP contribution in [0.3, 0.4) is 0 Å². The quantitative estimate of drug-likeness (QED) is 0.714. The van der Waals surface area contributed by atoms with Gasteiger partial charge in [0, 0.05) is 20.5 Å². The Hall–Kier alpha value is -1.54. The van der Waals surface area contributed by atoms with Gasteiger partial charge in [0.25, 0.3) is 0 Å². The Kier molecular flexibility index (Phi) is 5.63. The number of nitrogens with zero attached hydrogens (tertiary/aromatic N) is 3. The predicted molar refractivity (Wildman–Crippen MR) is 81.5 cm³/mol. The smallest absolute Gasteiger partial charge is 0.244 e. The summed E-state index contributed by atoms with van der Waals surface area (Å²) in [4.78, 5) is 29.5. The second-order valence-electron chi connectivity index (χ2n) is 6.00. The predicted octanol–water partition coefficient (Wildman–Crippen LogP) is 0.555. The van der Waals surface area contributed by atoms with Crippen LogP contribution in [-0.4, -0.2) is 72.8 Å². The van der Waals surface area contributed by atoms with Crippen LogP contribution in [0.4, 0.5) is 0 Å². The standard InChI is InChI=1S/C16H25N3O2/c1-17(2)16(21)14-8-9-15(20)19(14)13-7-6-12-18-10-4-3-5-11-18/h14H,3-5,8-13H2,1-2H3. The third kappa shape index (κ3) is 4.21. The van der Waals surface area contributed by atoms with Crippen LogP contribution in [0.2, 0.25) is 0 Å². The zero-order chi connectivity index (χ0) is 15.2. The van der Waals surface area contributed by atoms with Crippen LogP contribution >= 0.6 is 0 Å². The molecule has 0 radical (unpaired) electrons. The van der Waals surface area contributed by atoms with Crippen molar-refractivity contribution < 1.29 is 9.59 Å². The Labute approximate surface area is 127 Å². The second kappa shape index (κ2) is 7.46. The van der Waals surface area contributed by atoms with Gasteiger partial charge in [0.05, 0.1) is 13.1 Å². The van der Waals surface area contributed by atoms with E-state index in [9.17, 15) is 9.59 Å². The molecule has 2 heterocycles. The van der Waals surface area contributed by atoms with Gasteiger partial charge in [0.2, 0.25) is 11.8 Å². The van der Waals surface area contributed by atoms with Gasteiger partial charge < -0.3 is 9.80 Å². The molecule has 2 amide bonds. The van der Waals surface area contributed by atoms with E-state index in [1.54, 1.807) is 23.9 Å². The topological polar surface area (TPSA) is 43.9 Å². The third-order valence-electron chi connectivity index (χ3n) is 4.18. The summed E-state index contributed by atoms with van der Waals surface area (Å²) in [5.41, 5.74) is 0. The number of amides is 2. The summed E-state index contributed by atoms with van der Waals surface area (Å²) in [5, 5.41) is 0. The largest absolute Gasteiger partial charge is 0.347 e. The average molecular weight is 291 g/mol.